The van der Waals surface area contributed by atoms with E-state index in [0.29, 0.717) is 32.0 Å². The van der Waals surface area contributed by atoms with E-state index in [1.807, 2.05) is 0 Å². The molecule has 0 fully saturated rings. The Morgan fingerprint density at radius 2 is 1.56 bits per heavy atom. The summed E-state index contributed by atoms with van der Waals surface area (Å²) < 4.78 is 67.6. The van der Waals surface area contributed by atoms with Crippen LogP contribution in [0.15, 0.2) is 57.8 Å². The third-order valence-corrected chi connectivity index (χ3v) is 7.80. The van der Waals surface area contributed by atoms with Crippen molar-refractivity contribution < 1.29 is 31.2 Å². The van der Waals surface area contributed by atoms with Gasteiger partial charge in [0.05, 0.1) is 17.6 Å². The van der Waals surface area contributed by atoms with Gasteiger partial charge in [-0.15, -0.1) is 15.7 Å². The number of carbonyl (C=O) groups excluding carboxylic acids is 1. The van der Waals surface area contributed by atoms with Crippen LogP contribution >= 0.6 is 11.3 Å². The highest BCUT2D eigenvalue weighted by atomic mass is 32.2. The number of rotatable bonds is 7. The summed E-state index contributed by atoms with van der Waals surface area (Å²) in [6, 6.07) is 10.6. The van der Waals surface area contributed by atoms with Crippen LogP contribution in [-0.4, -0.2) is 58.9 Å². The van der Waals surface area contributed by atoms with Gasteiger partial charge in [-0.2, -0.15) is 21.6 Å². The van der Waals surface area contributed by atoms with E-state index >= 15 is 0 Å². The SMILES string of the molecule is CON(C)C(=O)c1sc(-c2ccc(C(F)(F)F)cc2)c(C)c1-c1ccc(S(=O)(=O)N=CN(C)C)cc1. The summed E-state index contributed by atoms with van der Waals surface area (Å²) in [6.07, 6.45) is -3.28. The van der Waals surface area contributed by atoms with Crippen molar-refractivity contribution in [3.8, 4) is 21.6 Å². The highest BCUT2D eigenvalue weighted by Gasteiger charge is 2.31. The van der Waals surface area contributed by atoms with E-state index in [9.17, 15) is 26.4 Å². The zero-order chi connectivity index (χ0) is 26.8. The molecule has 0 unspecified atom stereocenters. The first-order valence-electron chi connectivity index (χ1n) is 10.5. The third kappa shape index (κ3) is 5.77. The van der Waals surface area contributed by atoms with Gasteiger partial charge in [0.15, 0.2) is 0 Å². The van der Waals surface area contributed by atoms with Crippen molar-refractivity contribution in [2.75, 3.05) is 28.3 Å². The maximum atomic E-state index is 13.1. The van der Waals surface area contributed by atoms with Gasteiger partial charge in [0, 0.05) is 31.6 Å². The van der Waals surface area contributed by atoms with Gasteiger partial charge in [0.2, 0.25) is 0 Å². The highest BCUT2D eigenvalue weighted by molar-refractivity contribution is 7.90. The molecule has 36 heavy (non-hydrogen) atoms. The lowest BCUT2D eigenvalue weighted by Crippen LogP contribution is -2.25. The van der Waals surface area contributed by atoms with Gasteiger partial charge in [-0.3, -0.25) is 9.63 Å². The number of carbonyl (C=O) groups is 1. The standard InChI is InChI=1S/C24H24F3N3O4S2/c1-15-20(16-8-12-19(13-9-16)36(32,33)28-14-29(2)3)22(23(31)30(4)34-5)35-21(15)17-6-10-18(11-7-17)24(25,26)27/h6-14H,1-5H3. The summed E-state index contributed by atoms with van der Waals surface area (Å²) in [5, 5.41) is 1.04. The van der Waals surface area contributed by atoms with Crippen LogP contribution in [0.2, 0.25) is 0 Å². The Kier molecular flexibility index (Phi) is 7.91. The van der Waals surface area contributed by atoms with Gasteiger partial charge < -0.3 is 4.90 Å². The number of sulfonamides is 1. The van der Waals surface area contributed by atoms with Gasteiger partial charge in [0.25, 0.3) is 15.9 Å². The van der Waals surface area contributed by atoms with E-state index in [-0.39, 0.29) is 4.90 Å². The molecule has 0 bridgehead atoms. The van der Waals surface area contributed by atoms with Crippen molar-refractivity contribution in [2.45, 2.75) is 18.0 Å². The molecule has 7 nitrogen and oxygen atoms in total. The Labute approximate surface area is 211 Å². The zero-order valence-electron chi connectivity index (χ0n) is 20.1. The lowest BCUT2D eigenvalue weighted by Gasteiger charge is -2.14. The second kappa shape index (κ2) is 10.4. The van der Waals surface area contributed by atoms with Crippen LogP contribution in [0.3, 0.4) is 0 Å². The largest absolute Gasteiger partial charge is 0.416 e. The molecule has 1 aromatic heterocycles. The summed E-state index contributed by atoms with van der Waals surface area (Å²) in [6.45, 7) is 1.76. The van der Waals surface area contributed by atoms with E-state index in [1.54, 1.807) is 33.2 Å². The highest BCUT2D eigenvalue weighted by Crippen LogP contribution is 2.43. The first-order chi connectivity index (χ1) is 16.8. The molecule has 3 aromatic rings. The molecule has 12 heteroatoms. The van der Waals surface area contributed by atoms with Crippen LogP contribution in [0.4, 0.5) is 13.2 Å². The van der Waals surface area contributed by atoms with E-state index in [1.165, 1.54) is 49.7 Å². The lowest BCUT2D eigenvalue weighted by atomic mass is 9.98. The van der Waals surface area contributed by atoms with Gasteiger partial charge in [-0.05, 0) is 47.9 Å². The second-order valence-corrected chi connectivity index (χ2v) is 10.7. The Morgan fingerprint density at radius 3 is 2.06 bits per heavy atom. The van der Waals surface area contributed by atoms with E-state index in [2.05, 4.69) is 4.40 Å². The number of benzene rings is 2. The molecule has 0 atom stereocenters. The molecule has 0 aliphatic heterocycles. The summed E-state index contributed by atoms with van der Waals surface area (Å²) in [7, 11) is 2.15. The molecule has 0 saturated heterocycles. The fraction of sp³-hybridized carbons (Fsp3) is 0.250. The van der Waals surface area contributed by atoms with Gasteiger partial charge in [-0.25, -0.2) is 5.06 Å². The lowest BCUT2D eigenvalue weighted by molar-refractivity contribution is -0.137. The smallest absolute Gasteiger partial charge is 0.368 e. The summed E-state index contributed by atoms with van der Waals surface area (Å²) in [5.41, 5.74) is 1.50. The first kappa shape index (κ1) is 27.4. The third-order valence-electron chi connectivity index (χ3n) is 5.23. The Bertz CT molecular complexity index is 1380. The Balaban J connectivity index is 2.12. The molecule has 0 aliphatic rings. The molecule has 0 radical (unpaired) electrons. The maximum absolute atomic E-state index is 13.1. The molecule has 1 heterocycles. The number of alkyl halides is 3. The number of halogens is 3. The van der Waals surface area contributed by atoms with Crippen LogP contribution in [0.5, 0.6) is 0 Å². The van der Waals surface area contributed by atoms with Gasteiger partial charge >= 0.3 is 6.18 Å². The topological polar surface area (TPSA) is 79.3 Å². The molecule has 2 aromatic carbocycles. The molecular formula is C24H24F3N3O4S2. The van der Waals surface area contributed by atoms with Crippen LogP contribution in [0, 0.1) is 6.92 Å². The molecule has 0 spiro atoms. The zero-order valence-corrected chi connectivity index (χ0v) is 21.8. The van der Waals surface area contributed by atoms with E-state index in [4.69, 9.17) is 4.84 Å². The number of hydrogen-bond donors (Lipinski definition) is 0. The molecular weight excluding hydrogens is 515 g/mol. The van der Waals surface area contributed by atoms with Crippen LogP contribution in [-0.2, 0) is 21.0 Å². The summed E-state index contributed by atoms with van der Waals surface area (Å²) in [5.74, 6) is -0.453. The minimum absolute atomic E-state index is 0.0259. The van der Waals surface area contributed by atoms with Crippen molar-refractivity contribution >= 4 is 33.6 Å². The predicted octanol–water partition coefficient (Wildman–Crippen LogP) is 5.32. The Morgan fingerprint density at radius 1 is 1.00 bits per heavy atom. The molecule has 0 aliphatic carbocycles. The minimum Gasteiger partial charge on any atom is -0.368 e. The average Bonchev–Trinajstić information content (AvgIpc) is 3.18. The molecule has 0 saturated carbocycles. The minimum atomic E-state index is -4.46. The van der Waals surface area contributed by atoms with E-state index < -0.39 is 27.7 Å². The monoisotopic (exact) mass is 539 g/mol. The number of hydroxylamine groups is 2. The fourth-order valence-electron chi connectivity index (χ4n) is 3.33. The van der Waals surface area contributed by atoms with Crippen molar-refractivity contribution in [3.63, 3.8) is 0 Å². The Hall–Kier alpha value is -3.22. The van der Waals surface area contributed by atoms with Crippen molar-refractivity contribution in [3.05, 3.63) is 64.5 Å². The fourth-order valence-corrected chi connectivity index (χ4v) is 5.55. The first-order valence-corrected chi connectivity index (χ1v) is 12.7. The molecule has 192 valence electrons. The van der Waals surface area contributed by atoms with Crippen LogP contribution in [0.1, 0.15) is 20.8 Å². The summed E-state index contributed by atoms with van der Waals surface area (Å²) in [4.78, 5) is 20.5. The van der Waals surface area contributed by atoms with Gasteiger partial charge in [-0.1, -0.05) is 24.3 Å². The van der Waals surface area contributed by atoms with E-state index in [0.717, 1.165) is 28.5 Å². The molecule has 1 amide bonds. The van der Waals surface area contributed by atoms with Crippen LogP contribution < -0.4 is 0 Å². The second-order valence-electron chi connectivity index (χ2n) is 8.00. The predicted molar refractivity (Wildman–Crippen MR) is 133 cm³/mol. The number of nitrogens with zero attached hydrogens (tertiary/aromatic N) is 3. The molecule has 0 N–H and O–H groups in total. The van der Waals surface area contributed by atoms with Crippen LogP contribution in [0.25, 0.3) is 21.6 Å². The number of thiophene rings is 1. The number of amides is 1. The van der Waals surface area contributed by atoms with Crippen molar-refractivity contribution in [1.29, 1.82) is 0 Å². The molecule has 3 rings (SSSR count). The quantitative estimate of drug-likeness (QED) is 0.231. The normalized spacial score (nSPS) is 12.2. The van der Waals surface area contributed by atoms with Crippen molar-refractivity contribution in [2.24, 2.45) is 4.40 Å². The number of hydrogen-bond acceptors (Lipinski definition) is 5. The van der Waals surface area contributed by atoms with Gasteiger partial charge in [0.1, 0.15) is 11.2 Å². The maximum Gasteiger partial charge on any atom is 0.416 e. The summed E-state index contributed by atoms with van der Waals surface area (Å²) >= 11 is 1.12. The average molecular weight is 540 g/mol. The van der Waals surface area contributed by atoms with Crippen molar-refractivity contribution in [1.82, 2.24) is 9.96 Å².